The molecule has 3 amide bonds. The summed E-state index contributed by atoms with van der Waals surface area (Å²) in [6, 6.07) is 5.32. The maximum absolute atomic E-state index is 11.6. The van der Waals surface area contributed by atoms with Crippen LogP contribution in [0.5, 0.6) is 0 Å². The van der Waals surface area contributed by atoms with Crippen molar-refractivity contribution in [3.63, 3.8) is 0 Å². The maximum Gasteiger partial charge on any atom is 0.335 e. The molecule has 0 spiro atoms. The van der Waals surface area contributed by atoms with Crippen molar-refractivity contribution < 1.29 is 19.5 Å². The van der Waals surface area contributed by atoms with Crippen LogP contribution in [0.2, 0.25) is 0 Å². The Hall–Kier alpha value is -2.83. The van der Waals surface area contributed by atoms with E-state index in [0.717, 1.165) is 0 Å². The van der Waals surface area contributed by atoms with Crippen molar-refractivity contribution in [2.24, 2.45) is 0 Å². The van der Waals surface area contributed by atoms with Crippen LogP contribution in [0.3, 0.4) is 0 Å². The first-order chi connectivity index (χ1) is 9.04. The van der Waals surface area contributed by atoms with Crippen LogP contribution in [-0.4, -0.2) is 29.6 Å². The Morgan fingerprint density at radius 1 is 1.26 bits per heavy atom. The molecule has 19 heavy (non-hydrogen) atoms. The highest BCUT2D eigenvalue weighted by Gasteiger charge is 2.13. The Morgan fingerprint density at radius 2 is 2.05 bits per heavy atom. The van der Waals surface area contributed by atoms with Gasteiger partial charge in [-0.25, -0.2) is 9.59 Å². The van der Waals surface area contributed by atoms with Crippen molar-refractivity contribution in [3.05, 3.63) is 41.6 Å². The summed E-state index contributed by atoms with van der Waals surface area (Å²) in [5, 5.41) is 16.3. The Morgan fingerprint density at radius 3 is 2.68 bits per heavy atom. The van der Waals surface area contributed by atoms with Gasteiger partial charge in [0.1, 0.15) is 0 Å². The monoisotopic (exact) mass is 261 g/mol. The van der Waals surface area contributed by atoms with Crippen LogP contribution >= 0.6 is 0 Å². The van der Waals surface area contributed by atoms with E-state index in [9.17, 15) is 14.4 Å². The number of nitrogens with one attached hydrogen (secondary N) is 3. The van der Waals surface area contributed by atoms with Gasteiger partial charge in [-0.1, -0.05) is 6.07 Å². The molecule has 1 aromatic rings. The van der Waals surface area contributed by atoms with Gasteiger partial charge in [0.2, 0.25) is 5.91 Å². The second-order valence-electron chi connectivity index (χ2n) is 3.85. The van der Waals surface area contributed by atoms with Crippen molar-refractivity contribution in [1.29, 1.82) is 0 Å². The molecule has 4 N–H and O–H groups in total. The van der Waals surface area contributed by atoms with Gasteiger partial charge in [0.05, 0.1) is 12.1 Å². The van der Waals surface area contributed by atoms with E-state index in [4.69, 9.17) is 5.11 Å². The lowest BCUT2D eigenvalue weighted by Crippen LogP contribution is -2.30. The van der Waals surface area contributed by atoms with Crippen molar-refractivity contribution in [1.82, 2.24) is 10.6 Å². The van der Waals surface area contributed by atoms with Gasteiger partial charge in [-0.15, -0.1) is 0 Å². The molecule has 0 radical (unpaired) electrons. The number of carbonyl (C=O) groups excluding carboxylic acids is 2. The quantitative estimate of drug-likeness (QED) is 0.636. The molecule has 0 saturated carbocycles. The largest absolute Gasteiger partial charge is 0.478 e. The molecule has 98 valence electrons. The van der Waals surface area contributed by atoms with Crippen LogP contribution in [0, 0.1) is 0 Å². The summed E-state index contributed by atoms with van der Waals surface area (Å²) in [5.74, 6) is -1.33. The summed E-state index contributed by atoms with van der Waals surface area (Å²) < 4.78 is 0. The van der Waals surface area contributed by atoms with Gasteiger partial charge >= 0.3 is 12.0 Å². The molecule has 1 aromatic carbocycles. The number of anilines is 1. The SMILES string of the molecule is O=C1C=C(NC(=O)Nc2cccc(C(=O)O)c2)CN1. The number of hydrogen-bond acceptors (Lipinski definition) is 3. The molecular formula is C12H11N3O4. The summed E-state index contributed by atoms with van der Waals surface area (Å²) in [6.45, 7) is 0.265. The summed E-state index contributed by atoms with van der Waals surface area (Å²) >= 11 is 0. The Kier molecular flexibility index (Phi) is 3.46. The van der Waals surface area contributed by atoms with E-state index in [1.54, 1.807) is 6.07 Å². The van der Waals surface area contributed by atoms with Gasteiger partial charge in [0.15, 0.2) is 0 Å². The first kappa shape index (κ1) is 12.6. The van der Waals surface area contributed by atoms with Crippen molar-refractivity contribution >= 4 is 23.6 Å². The topological polar surface area (TPSA) is 108 Å². The van der Waals surface area contributed by atoms with Crippen LogP contribution in [0.4, 0.5) is 10.5 Å². The van der Waals surface area contributed by atoms with E-state index in [1.165, 1.54) is 24.3 Å². The van der Waals surface area contributed by atoms with Crippen LogP contribution < -0.4 is 16.0 Å². The van der Waals surface area contributed by atoms with Gasteiger partial charge < -0.3 is 21.1 Å². The molecule has 7 heteroatoms. The van der Waals surface area contributed by atoms with E-state index in [0.29, 0.717) is 11.4 Å². The number of carboxylic acid groups (broad SMARTS) is 1. The first-order valence-electron chi connectivity index (χ1n) is 5.44. The second-order valence-corrected chi connectivity index (χ2v) is 3.85. The summed E-state index contributed by atoms with van der Waals surface area (Å²) in [5.41, 5.74) is 0.891. The highest BCUT2D eigenvalue weighted by Crippen LogP contribution is 2.10. The van der Waals surface area contributed by atoms with Crippen LogP contribution in [0.15, 0.2) is 36.0 Å². The van der Waals surface area contributed by atoms with E-state index < -0.39 is 12.0 Å². The molecule has 0 saturated heterocycles. The predicted octanol–water partition coefficient (Wildman–Crippen LogP) is 0.520. The Labute approximate surface area is 108 Å². The summed E-state index contributed by atoms with van der Waals surface area (Å²) in [4.78, 5) is 33.3. The van der Waals surface area contributed by atoms with Gasteiger partial charge in [0.25, 0.3) is 0 Å². The third-order valence-electron chi connectivity index (χ3n) is 2.40. The lowest BCUT2D eigenvalue weighted by atomic mass is 10.2. The average molecular weight is 261 g/mol. The molecule has 0 aromatic heterocycles. The predicted molar refractivity (Wildman–Crippen MR) is 66.6 cm³/mol. The normalized spacial score (nSPS) is 13.5. The van der Waals surface area contributed by atoms with Crippen molar-refractivity contribution in [3.8, 4) is 0 Å². The molecule has 1 heterocycles. The first-order valence-corrected chi connectivity index (χ1v) is 5.44. The molecule has 0 fully saturated rings. The van der Waals surface area contributed by atoms with Crippen LogP contribution in [0.25, 0.3) is 0 Å². The lowest BCUT2D eigenvalue weighted by Gasteiger charge is -2.08. The molecular weight excluding hydrogens is 250 g/mol. The van der Waals surface area contributed by atoms with Gasteiger partial charge in [-0.2, -0.15) is 0 Å². The second kappa shape index (κ2) is 5.21. The number of benzene rings is 1. The lowest BCUT2D eigenvalue weighted by molar-refractivity contribution is -0.115. The van der Waals surface area contributed by atoms with Gasteiger partial charge in [-0.3, -0.25) is 4.79 Å². The molecule has 1 aliphatic heterocycles. The smallest absolute Gasteiger partial charge is 0.335 e. The molecule has 0 aliphatic carbocycles. The number of urea groups is 1. The Bertz CT molecular complexity index is 580. The average Bonchev–Trinajstić information content (AvgIpc) is 2.74. The molecule has 1 aliphatic rings. The molecule has 0 atom stereocenters. The van der Waals surface area contributed by atoms with Crippen LogP contribution in [-0.2, 0) is 4.79 Å². The zero-order chi connectivity index (χ0) is 13.8. The van der Waals surface area contributed by atoms with E-state index >= 15 is 0 Å². The summed E-state index contributed by atoms with van der Waals surface area (Å²) in [6.07, 6.45) is 1.28. The molecule has 2 rings (SSSR count). The standard InChI is InChI=1S/C12H11N3O4/c16-10-5-9(6-13-10)15-12(19)14-8-3-1-2-7(4-8)11(17)18/h1-5H,6H2,(H,13,16)(H,17,18)(H2,14,15,19). The minimum absolute atomic E-state index is 0.0785. The van der Waals surface area contributed by atoms with Crippen molar-refractivity contribution in [2.45, 2.75) is 0 Å². The number of hydrogen-bond donors (Lipinski definition) is 4. The molecule has 0 bridgehead atoms. The van der Waals surface area contributed by atoms with E-state index in [-0.39, 0.29) is 18.0 Å². The zero-order valence-corrected chi connectivity index (χ0v) is 9.77. The fourth-order valence-corrected chi connectivity index (χ4v) is 1.56. The maximum atomic E-state index is 11.6. The third-order valence-corrected chi connectivity index (χ3v) is 2.40. The van der Waals surface area contributed by atoms with E-state index in [1.807, 2.05) is 0 Å². The van der Waals surface area contributed by atoms with Crippen molar-refractivity contribution in [2.75, 3.05) is 11.9 Å². The highest BCUT2D eigenvalue weighted by atomic mass is 16.4. The summed E-state index contributed by atoms with van der Waals surface area (Å²) in [7, 11) is 0. The Balaban J connectivity index is 1.99. The number of aromatic carboxylic acids is 1. The highest BCUT2D eigenvalue weighted by molar-refractivity contribution is 5.96. The van der Waals surface area contributed by atoms with Crippen LogP contribution in [0.1, 0.15) is 10.4 Å². The molecule has 7 nitrogen and oxygen atoms in total. The fourth-order valence-electron chi connectivity index (χ4n) is 1.56. The minimum atomic E-state index is -1.07. The van der Waals surface area contributed by atoms with Gasteiger partial charge in [-0.05, 0) is 18.2 Å². The third kappa shape index (κ3) is 3.32. The van der Waals surface area contributed by atoms with Gasteiger partial charge in [0, 0.05) is 17.5 Å². The zero-order valence-electron chi connectivity index (χ0n) is 9.77. The number of carboxylic acids is 1. The van der Waals surface area contributed by atoms with E-state index in [2.05, 4.69) is 16.0 Å². The molecule has 0 unspecified atom stereocenters. The minimum Gasteiger partial charge on any atom is -0.478 e. The number of amides is 3. The number of carbonyl (C=O) groups is 3. The fraction of sp³-hybridized carbons (Fsp3) is 0.0833. The number of rotatable bonds is 3.